The number of rotatable bonds is 3. The van der Waals surface area contributed by atoms with E-state index >= 15 is 0 Å². The molecule has 0 saturated carbocycles. The Morgan fingerprint density at radius 3 is 2.88 bits per heavy atom. The van der Waals surface area contributed by atoms with E-state index in [2.05, 4.69) is 5.32 Å². The van der Waals surface area contributed by atoms with Crippen LogP contribution in [0.25, 0.3) is 0 Å². The lowest BCUT2D eigenvalue weighted by Gasteiger charge is -2.09. The van der Waals surface area contributed by atoms with Gasteiger partial charge in [-0.3, -0.25) is 5.32 Å². The molecule has 0 unspecified atom stereocenters. The molecule has 1 aromatic carbocycles. The molecular formula is C11H12N2O3. The molecule has 0 aliphatic heterocycles. The fourth-order valence-corrected chi connectivity index (χ4v) is 1.20. The number of benzene rings is 1. The van der Waals surface area contributed by atoms with E-state index < -0.39 is 6.09 Å². The minimum absolute atomic E-state index is 0.275. The predicted octanol–water partition coefficient (Wildman–Crippen LogP) is 2.14. The molecule has 0 aliphatic carbocycles. The van der Waals surface area contributed by atoms with Crippen molar-refractivity contribution in [3.63, 3.8) is 0 Å². The van der Waals surface area contributed by atoms with Crippen LogP contribution in [0.2, 0.25) is 0 Å². The molecule has 0 aromatic heterocycles. The molecule has 5 nitrogen and oxygen atoms in total. The van der Waals surface area contributed by atoms with Gasteiger partial charge in [-0.1, -0.05) is 6.07 Å². The Balaban J connectivity index is 2.96. The molecule has 1 amide bonds. The smallest absolute Gasteiger partial charge is 0.411 e. The van der Waals surface area contributed by atoms with E-state index in [4.69, 9.17) is 14.7 Å². The van der Waals surface area contributed by atoms with Gasteiger partial charge in [-0.05, 0) is 19.1 Å². The van der Waals surface area contributed by atoms with Crippen LogP contribution in [0.15, 0.2) is 18.2 Å². The van der Waals surface area contributed by atoms with Gasteiger partial charge in [-0.2, -0.15) is 5.26 Å². The highest BCUT2D eigenvalue weighted by atomic mass is 16.5. The molecule has 1 aromatic rings. The second kappa shape index (κ2) is 5.61. The van der Waals surface area contributed by atoms with Crippen molar-refractivity contribution in [1.82, 2.24) is 0 Å². The number of carbonyl (C=O) groups excluding carboxylic acids is 1. The molecule has 84 valence electrons. The summed E-state index contributed by atoms with van der Waals surface area (Å²) in [6.45, 7) is 1.98. The van der Waals surface area contributed by atoms with Gasteiger partial charge in [-0.15, -0.1) is 0 Å². The summed E-state index contributed by atoms with van der Waals surface area (Å²) in [4.78, 5) is 11.2. The van der Waals surface area contributed by atoms with Gasteiger partial charge in [0, 0.05) is 0 Å². The number of carbonyl (C=O) groups is 1. The van der Waals surface area contributed by atoms with Crippen molar-refractivity contribution in [2.24, 2.45) is 0 Å². The monoisotopic (exact) mass is 220 g/mol. The van der Waals surface area contributed by atoms with Crippen LogP contribution in [0, 0.1) is 11.3 Å². The Hall–Kier alpha value is -2.22. The molecule has 0 aliphatic rings. The first-order valence-corrected chi connectivity index (χ1v) is 4.73. The van der Waals surface area contributed by atoms with Crippen molar-refractivity contribution < 1.29 is 14.3 Å². The van der Waals surface area contributed by atoms with Crippen molar-refractivity contribution >= 4 is 11.8 Å². The Morgan fingerprint density at radius 1 is 1.56 bits per heavy atom. The van der Waals surface area contributed by atoms with E-state index in [1.807, 2.05) is 6.07 Å². The van der Waals surface area contributed by atoms with E-state index in [9.17, 15) is 4.79 Å². The van der Waals surface area contributed by atoms with Crippen LogP contribution in [0.5, 0.6) is 5.75 Å². The van der Waals surface area contributed by atoms with E-state index in [0.29, 0.717) is 11.4 Å². The maximum absolute atomic E-state index is 11.2. The second-order valence-corrected chi connectivity index (χ2v) is 2.84. The SMILES string of the molecule is CCOC(=O)Nc1cccc(OC)c1C#N. The Bertz CT molecular complexity index is 424. The van der Waals surface area contributed by atoms with Crippen LogP contribution < -0.4 is 10.1 Å². The van der Waals surface area contributed by atoms with Crippen molar-refractivity contribution in [3.05, 3.63) is 23.8 Å². The van der Waals surface area contributed by atoms with Crippen LogP contribution in [-0.4, -0.2) is 19.8 Å². The topological polar surface area (TPSA) is 71.3 Å². The lowest BCUT2D eigenvalue weighted by Crippen LogP contribution is -2.14. The number of ether oxygens (including phenoxy) is 2. The molecule has 0 atom stereocenters. The van der Waals surface area contributed by atoms with E-state index in [1.54, 1.807) is 25.1 Å². The number of methoxy groups -OCH3 is 1. The number of amides is 1. The summed E-state index contributed by atoms with van der Waals surface area (Å²) in [5.74, 6) is 0.414. The van der Waals surface area contributed by atoms with Crippen molar-refractivity contribution in [2.45, 2.75) is 6.92 Å². The molecule has 0 heterocycles. The lowest BCUT2D eigenvalue weighted by molar-refractivity contribution is 0.168. The minimum atomic E-state index is -0.591. The van der Waals surface area contributed by atoms with E-state index in [0.717, 1.165) is 0 Å². The quantitative estimate of drug-likeness (QED) is 0.847. The first-order valence-electron chi connectivity index (χ1n) is 4.73. The largest absolute Gasteiger partial charge is 0.495 e. The molecule has 0 radical (unpaired) electrons. The van der Waals surface area contributed by atoms with Crippen molar-refractivity contribution in [2.75, 3.05) is 19.0 Å². The molecule has 16 heavy (non-hydrogen) atoms. The first-order chi connectivity index (χ1) is 7.72. The Morgan fingerprint density at radius 2 is 2.31 bits per heavy atom. The normalized spacial score (nSPS) is 9.06. The zero-order chi connectivity index (χ0) is 12.0. The summed E-state index contributed by atoms with van der Waals surface area (Å²) >= 11 is 0. The van der Waals surface area contributed by atoms with Gasteiger partial charge in [-0.25, -0.2) is 4.79 Å². The molecular weight excluding hydrogens is 208 g/mol. The summed E-state index contributed by atoms with van der Waals surface area (Å²) in [5.41, 5.74) is 0.651. The Kier molecular flexibility index (Phi) is 4.16. The van der Waals surface area contributed by atoms with Crippen LogP contribution in [0.4, 0.5) is 10.5 Å². The third-order valence-corrected chi connectivity index (χ3v) is 1.87. The summed E-state index contributed by atoms with van der Waals surface area (Å²) in [6.07, 6.45) is -0.591. The van der Waals surface area contributed by atoms with Gasteiger partial charge in [0.1, 0.15) is 17.4 Å². The van der Waals surface area contributed by atoms with Gasteiger partial charge in [0.2, 0.25) is 0 Å². The van der Waals surface area contributed by atoms with Gasteiger partial charge < -0.3 is 9.47 Å². The summed E-state index contributed by atoms with van der Waals surface area (Å²) in [5, 5.41) is 11.4. The summed E-state index contributed by atoms with van der Waals surface area (Å²) < 4.78 is 9.72. The molecule has 0 spiro atoms. The molecule has 0 bridgehead atoms. The maximum Gasteiger partial charge on any atom is 0.411 e. The fourth-order valence-electron chi connectivity index (χ4n) is 1.20. The lowest BCUT2D eigenvalue weighted by atomic mass is 10.2. The number of hydrogen-bond acceptors (Lipinski definition) is 4. The number of nitriles is 1. The Labute approximate surface area is 93.6 Å². The van der Waals surface area contributed by atoms with Gasteiger partial charge in [0.05, 0.1) is 19.4 Å². The summed E-state index contributed by atoms with van der Waals surface area (Å²) in [6, 6.07) is 6.91. The van der Waals surface area contributed by atoms with Crippen molar-refractivity contribution in [3.8, 4) is 11.8 Å². The highest BCUT2D eigenvalue weighted by Gasteiger charge is 2.11. The van der Waals surface area contributed by atoms with Crippen LogP contribution in [-0.2, 0) is 4.74 Å². The molecule has 0 saturated heterocycles. The molecule has 1 N–H and O–H groups in total. The first kappa shape index (κ1) is 11.9. The van der Waals surface area contributed by atoms with Gasteiger partial charge >= 0.3 is 6.09 Å². The number of nitrogens with one attached hydrogen (secondary N) is 1. The third-order valence-electron chi connectivity index (χ3n) is 1.87. The molecule has 1 rings (SSSR count). The highest BCUT2D eigenvalue weighted by Crippen LogP contribution is 2.25. The predicted molar refractivity (Wildman–Crippen MR) is 58.4 cm³/mol. The third kappa shape index (κ3) is 2.64. The average Bonchev–Trinajstić information content (AvgIpc) is 2.29. The van der Waals surface area contributed by atoms with Crippen LogP contribution in [0.1, 0.15) is 12.5 Å². The minimum Gasteiger partial charge on any atom is -0.495 e. The second-order valence-electron chi connectivity index (χ2n) is 2.84. The van der Waals surface area contributed by atoms with E-state index in [1.165, 1.54) is 7.11 Å². The van der Waals surface area contributed by atoms with Crippen LogP contribution in [0.3, 0.4) is 0 Å². The highest BCUT2D eigenvalue weighted by molar-refractivity contribution is 5.87. The van der Waals surface area contributed by atoms with E-state index in [-0.39, 0.29) is 12.2 Å². The summed E-state index contributed by atoms with van der Waals surface area (Å²) in [7, 11) is 1.46. The standard InChI is InChI=1S/C11H12N2O3/c1-3-16-11(14)13-9-5-4-6-10(15-2)8(9)7-12/h4-6H,3H2,1-2H3,(H,13,14). The zero-order valence-corrected chi connectivity index (χ0v) is 9.11. The zero-order valence-electron chi connectivity index (χ0n) is 9.11. The van der Waals surface area contributed by atoms with Gasteiger partial charge in [0.25, 0.3) is 0 Å². The average molecular weight is 220 g/mol. The number of nitrogens with zero attached hydrogens (tertiary/aromatic N) is 1. The fraction of sp³-hybridized carbons (Fsp3) is 0.273. The number of anilines is 1. The number of hydrogen-bond donors (Lipinski definition) is 1. The maximum atomic E-state index is 11.2. The van der Waals surface area contributed by atoms with Crippen molar-refractivity contribution in [1.29, 1.82) is 5.26 Å². The molecule has 0 fully saturated rings. The molecule has 5 heteroatoms. The van der Waals surface area contributed by atoms with Crippen LogP contribution >= 0.6 is 0 Å². The van der Waals surface area contributed by atoms with Gasteiger partial charge in [0.15, 0.2) is 0 Å².